The van der Waals surface area contributed by atoms with E-state index in [0.29, 0.717) is 37.7 Å². The number of aliphatic hydroxyl groups excluding tert-OH is 4. The maximum atomic E-state index is 13.3. The predicted molar refractivity (Wildman–Crippen MR) is 133 cm³/mol. The zero-order valence-electron chi connectivity index (χ0n) is 22.3. The predicted octanol–water partition coefficient (Wildman–Crippen LogP) is 1.07. The average Bonchev–Trinajstić information content (AvgIpc) is 3.07. The first-order valence-electron chi connectivity index (χ1n) is 13.5. The van der Waals surface area contributed by atoms with Gasteiger partial charge in [0.15, 0.2) is 5.78 Å². The molecule has 0 saturated heterocycles. The number of rotatable bonds is 6. The Morgan fingerprint density at radius 3 is 2.33 bits per heavy atom. The van der Waals surface area contributed by atoms with Crippen LogP contribution in [0, 0.1) is 34.5 Å². The Labute approximate surface area is 214 Å². The van der Waals surface area contributed by atoms with Crippen molar-refractivity contribution in [3.05, 3.63) is 11.6 Å². The van der Waals surface area contributed by atoms with Crippen molar-refractivity contribution in [3.63, 3.8) is 0 Å². The van der Waals surface area contributed by atoms with Crippen molar-refractivity contribution in [1.82, 2.24) is 0 Å². The zero-order chi connectivity index (χ0) is 27.1. The second-order valence-electron chi connectivity index (χ2n) is 13.5. The van der Waals surface area contributed by atoms with Crippen molar-refractivity contribution < 1.29 is 40.5 Å². The Kier molecular flexibility index (Phi) is 6.90. The van der Waals surface area contributed by atoms with E-state index in [0.717, 1.165) is 0 Å². The smallest absolute Gasteiger partial charge is 0.159 e. The minimum Gasteiger partial charge on any atom is -0.393 e. The molecule has 7 N–H and O–H groups in total. The normalized spacial score (nSPS) is 47.5. The summed E-state index contributed by atoms with van der Waals surface area (Å²) in [7, 11) is 0. The van der Waals surface area contributed by atoms with Crippen molar-refractivity contribution in [2.45, 2.75) is 115 Å². The molecule has 36 heavy (non-hydrogen) atoms. The van der Waals surface area contributed by atoms with Crippen LogP contribution in [0.4, 0.5) is 0 Å². The second kappa shape index (κ2) is 8.83. The molecule has 0 radical (unpaired) electrons. The van der Waals surface area contributed by atoms with Gasteiger partial charge >= 0.3 is 0 Å². The van der Waals surface area contributed by atoms with Crippen LogP contribution in [0.2, 0.25) is 0 Å². The minimum absolute atomic E-state index is 0.0787. The molecule has 12 atom stereocenters. The molecule has 12 unspecified atom stereocenters. The first-order valence-corrected chi connectivity index (χ1v) is 13.5. The van der Waals surface area contributed by atoms with Gasteiger partial charge in [-0.1, -0.05) is 20.8 Å². The molecule has 0 aromatic carbocycles. The van der Waals surface area contributed by atoms with Crippen molar-refractivity contribution in [1.29, 1.82) is 0 Å². The van der Waals surface area contributed by atoms with E-state index < -0.39 is 70.3 Å². The molecule has 8 heteroatoms. The van der Waals surface area contributed by atoms with Crippen molar-refractivity contribution in [3.8, 4) is 0 Å². The highest BCUT2D eigenvalue weighted by atomic mass is 16.3. The molecule has 0 aliphatic heterocycles. The maximum Gasteiger partial charge on any atom is 0.159 e. The third kappa shape index (κ3) is 3.86. The number of carbonyl (C=O) groups excluding carboxylic acids is 1. The molecular weight excluding hydrogens is 464 g/mol. The molecule has 206 valence electrons. The Bertz CT molecular complexity index is 913. The van der Waals surface area contributed by atoms with E-state index in [9.17, 15) is 40.5 Å². The lowest BCUT2D eigenvalue weighted by molar-refractivity contribution is -0.180. The SMILES string of the molecule is CC(CC(O)C(C)(O)C1CCC2(O)C3=CC(=O)C4CC(O)C(O)CC4(C)C3CCC12C)C(C)(O)CO. The largest absolute Gasteiger partial charge is 0.393 e. The summed E-state index contributed by atoms with van der Waals surface area (Å²) in [6, 6.07) is 0. The van der Waals surface area contributed by atoms with Gasteiger partial charge < -0.3 is 35.7 Å². The molecule has 0 amide bonds. The highest BCUT2D eigenvalue weighted by molar-refractivity contribution is 5.95. The minimum atomic E-state index is -1.57. The summed E-state index contributed by atoms with van der Waals surface area (Å²) in [6.07, 6.45) is 1.20. The summed E-state index contributed by atoms with van der Waals surface area (Å²) < 4.78 is 0. The van der Waals surface area contributed by atoms with Gasteiger partial charge in [-0.25, -0.2) is 0 Å². The van der Waals surface area contributed by atoms with E-state index in [-0.39, 0.29) is 24.5 Å². The van der Waals surface area contributed by atoms with Crippen LogP contribution in [-0.2, 0) is 4.79 Å². The summed E-state index contributed by atoms with van der Waals surface area (Å²) in [6.45, 7) is 8.28. The molecule has 0 aromatic rings. The molecular formula is C28H46O8. The van der Waals surface area contributed by atoms with E-state index in [1.54, 1.807) is 19.9 Å². The number of aliphatic hydroxyl groups is 7. The first kappa shape index (κ1) is 28.1. The van der Waals surface area contributed by atoms with Crippen LogP contribution < -0.4 is 0 Å². The summed E-state index contributed by atoms with van der Waals surface area (Å²) in [5.41, 5.74) is -4.98. The number of hydrogen-bond acceptors (Lipinski definition) is 8. The van der Waals surface area contributed by atoms with Gasteiger partial charge in [0.2, 0.25) is 0 Å². The Hall–Kier alpha value is -0.870. The van der Waals surface area contributed by atoms with Crippen molar-refractivity contribution in [2.75, 3.05) is 6.61 Å². The van der Waals surface area contributed by atoms with Crippen LogP contribution in [0.5, 0.6) is 0 Å². The molecule has 3 saturated carbocycles. The summed E-state index contributed by atoms with van der Waals surface area (Å²) in [4.78, 5) is 13.3. The fourth-order valence-electron chi connectivity index (χ4n) is 8.52. The number of fused-ring (bicyclic) bond motifs is 5. The number of allylic oxidation sites excluding steroid dienone is 1. The van der Waals surface area contributed by atoms with Gasteiger partial charge in [0, 0.05) is 11.3 Å². The molecule has 0 spiro atoms. The molecule has 4 aliphatic rings. The van der Waals surface area contributed by atoms with Crippen LogP contribution in [0.3, 0.4) is 0 Å². The highest BCUT2D eigenvalue weighted by Crippen LogP contribution is 2.68. The van der Waals surface area contributed by atoms with Gasteiger partial charge in [-0.05, 0) is 93.6 Å². The molecule has 3 fully saturated rings. The average molecular weight is 511 g/mol. The fourth-order valence-corrected chi connectivity index (χ4v) is 8.52. The highest BCUT2D eigenvalue weighted by Gasteiger charge is 2.69. The fraction of sp³-hybridized carbons (Fsp3) is 0.893. The monoisotopic (exact) mass is 510 g/mol. The van der Waals surface area contributed by atoms with Gasteiger partial charge in [0.1, 0.15) is 0 Å². The summed E-state index contributed by atoms with van der Waals surface area (Å²) in [5, 5.41) is 75.7. The first-order chi connectivity index (χ1) is 16.5. The van der Waals surface area contributed by atoms with Crippen LogP contribution in [0.15, 0.2) is 11.6 Å². The topological polar surface area (TPSA) is 159 Å². The van der Waals surface area contributed by atoms with Crippen LogP contribution in [-0.4, -0.2) is 83.3 Å². The number of hydrogen-bond donors (Lipinski definition) is 7. The standard InChI is InChI=1S/C28H46O8/c1-15(26(4,34)14-29)10-23(33)27(5,35)22-7-9-28(36)17-11-19(30)18-12-20(31)21(32)13-24(18,2)16(17)6-8-25(22,28)3/h11,15-16,18,20-23,29,31-36H,6-10,12-14H2,1-5H3. The van der Waals surface area contributed by atoms with Crippen LogP contribution >= 0.6 is 0 Å². The third-order valence-corrected chi connectivity index (χ3v) is 11.5. The Morgan fingerprint density at radius 1 is 1.08 bits per heavy atom. The Balaban J connectivity index is 1.65. The lowest BCUT2D eigenvalue weighted by Crippen LogP contribution is -2.63. The van der Waals surface area contributed by atoms with E-state index in [2.05, 4.69) is 0 Å². The van der Waals surface area contributed by atoms with Crippen LogP contribution in [0.1, 0.15) is 79.6 Å². The van der Waals surface area contributed by atoms with Gasteiger partial charge in [0.25, 0.3) is 0 Å². The molecule has 0 bridgehead atoms. The second-order valence-corrected chi connectivity index (χ2v) is 13.5. The summed E-state index contributed by atoms with van der Waals surface area (Å²) in [5.74, 6) is -1.58. The van der Waals surface area contributed by atoms with Gasteiger partial charge in [-0.15, -0.1) is 0 Å². The molecule has 0 heterocycles. The van der Waals surface area contributed by atoms with Crippen molar-refractivity contribution >= 4 is 5.78 Å². The number of ketones is 1. The van der Waals surface area contributed by atoms with E-state index in [4.69, 9.17) is 0 Å². The molecule has 8 nitrogen and oxygen atoms in total. The molecule has 4 aliphatic carbocycles. The van der Waals surface area contributed by atoms with E-state index in [1.165, 1.54) is 6.92 Å². The summed E-state index contributed by atoms with van der Waals surface area (Å²) >= 11 is 0. The molecule has 4 rings (SSSR count). The van der Waals surface area contributed by atoms with Gasteiger partial charge in [0.05, 0.1) is 41.7 Å². The van der Waals surface area contributed by atoms with E-state index >= 15 is 0 Å². The lowest BCUT2D eigenvalue weighted by atomic mass is 9.45. The van der Waals surface area contributed by atoms with Gasteiger partial charge in [-0.2, -0.15) is 0 Å². The number of carbonyl (C=O) groups is 1. The zero-order valence-corrected chi connectivity index (χ0v) is 22.3. The maximum absolute atomic E-state index is 13.3. The lowest BCUT2D eigenvalue weighted by Gasteiger charge is -2.60. The van der Waals surface area contributed by atoms with Crippen molar-refractivity contribution in [2.24, 2.45) is 34.5 Å². The quantitative estimate of drug-likeness (QED) is 0.280. The molecule has 0 aromatic heterocycles. The van der Waals surface area contributed by atoms with E-state index in [1.807, 2.05) is 13.8 Å². The van der Waals surface area contributed by atoms with Crippen LogP contribution in [0.25, 0.3) is 0 Å². The third-order valence-electron chi connectivity index (χ3n) is 11.5. The Morgan fingerprint density at radius 2 is 1.72 bits per heavy atom. The van der Waals surface area contributed by atoms with Gasteiger partial charge in [-0.3, -0.25) is 4.79 Å².